The molecule has 0 radical (unpaired) electrons. The van der Waals surface area contributed by atoms with Crippen molar-refractivity contribution in [3.8, 4) is 5.75 Å². The molecule has 2 aromatic rings. The summed E-state index contributed by atoms with van der Waals surface area (Å²) in [5.74, 6) is 1.99. The SMILES string of the molecule is CCCCNc1nc(N)nc(C)c1Cc1cc(CPOCC)ccc1OC. The van der Waals surface area contributed by atoms with Crippen LogP contribution in [0.2, 0.25) is 0 Å². The van der Waals surface area contributed by atoms with E-state index in [9.17, 15) is 0 Å². The minimum atomic E-state index is 0.300. The highest BCUT2D eigenvalue weighted by molar-refractivity contribution is 7.31. The summed E-state index contributed by atoms with van der Waals surface area (Å²) in [5.41, 5.74) is 10.2. The predicted molar refractivity (Wildman–Crippen MR) is 114 cm³/mol. The van der Waals surface area contributed by atoms with Gasteiger partial charge in [-0.05, 0) is 37.5 Å². The summed E-state index contributed by atoms with van der Waals surface area (Å²) >= 11 is 0. The van der Waals surface area contributed by atoms with Crippen LogP contribution in [0.3, 0.4) is 0 Å². The second-order valence-corrected chi connectivity index (χ2v) is 7.28. The molecule has 1 aromatic heterocycles. The van der Waals surface area contributed by atoms with Crippen LogP contribution in [0.5, 0.6) is 5.75 Å². The zero-order chi connectivity index (χ0) is 19.6. The van der Waals surface area contributed by atoms with Gasteiger partial charge in [-0.1, -0.05) is 25.5 Å². The fourth-order valence-electron chi connectivity index (χ4n) is 2.87. The van der Waals surface area contributed by atoms with Crippen molar-refractivity contribution in [1.29, 1.82) is 0 Å². The van der Waals surface area contributed by atoms with Gasteiger partial charge in [0.25, 0.3) is 0 Å². The van der Waals surface area contributed by atoms with Crippen LogP contribution < -0.4 is 15.8 Å². The standard InChI is InChI=1S/C20H31N4O2P/c1-5-7-10-22-19-17(14(3)23-20(21)24-19)12-16-11-15(13-27-26-6-2)8-9-18(16)25-4/h8-9,11,27H,5-7,10,12-13H2,1-4H3,(H3,21,22,23,24). The number of rotatable bonds is 11. The molecule has 6 nitrogen and oxygen atoms in total. The summed E-state index contributed by atoms with van der Waals surface area (Å²) in [6.45, 7) is 7.78. The molecule has 7 heteroatoms. The van der Waals surface area contributed by atoms with Crippen molar-refractivity contribution in [1.82, 2.24) is 9.97 Å². The van der Waals surface area contributed by atoms with Gasteiger partial charge in [0, 0.05) is 45.8 Å². The summed E-state index contributed by atoms with van der Waals surface area (Å²) < 4.78 is 11.1. The molecule has 148 valence electrons. The molecule has 1 unspecified atom stereocenters. The third-order valence-corrected chi connectivity index (χ3v) is 5.33. The lowest BCUT2D eigenvalue weighted by Crippen LogP contribution is -2.11. The van der Waals surface area contributed by atoms with E-state index < -0.39 is 0 Å². The summed E-state index contributed by atoms with van der Waals surface area (Å²) in [6.07, 6.45) is 3.80. The second-order valence-electron chi connectivity index (χ2n) is 6.35. The van der Waals surface area contributed by atoms with E-state index >= 15 is 0 Å². The molecule has 0 aliphatic heterocycles. The smallest absolute Gasteiger partial charge is 0.222 e. The average molecular weight is 390 g/mol. The van der Waals surface area contributed by atoms with Crippen LogP contribution in [-0.4, -0.2) is 30.2 Å². The number of anilines is 2. The van der Waals surface area contributed by atoms with Crippen molar-refractivity contribution in [3.05, 3.63) is 40.6 Å². The van der Waals surface area contributed by atoms with Gasteiger partial charge in [-0.3, -0.25) is 0 Å². The fourth-order valence-corrected chi connectivity index (χ4v) is 3.56. The first-order valence-corrected chi connectivity index (χ1v) is 10.6. The fraction of sp³-hybridized carbons (Fsp3) is 0.500. The molecular weight excluding hydrogens is 359 g/mol. The zero-order valence-electron chi connectivity index (χ0n) is 16.8. The first-order valence-electron chi connectivity index (χ1n) is 9.46. The van der Waals surface area contributed by atoms with Crippen LogP contribution in [0.4, 0.5) is 11.8 Å². The van der Waals surface area contributed by atoms with Gasteiger partial charge in [-0.2, -0.15) is 4.98 Å². The largest absolute Gasteiger partial charge is 0.496 e. The van der Waals surface area contributed by atoms with E-state index in [1.54, 1.807) is 7.11 Å². The number of aryl methyl sites for hydroxylation is 1. The molecule has 2 rings (SSSR count). The summed E-state index contributed by atoms with van der Waals surface area (Å²) in [4.78, 5) is 8.80. The van der Waals surface area contributed by atoms with Gasteiger partial charge in [-0.25, -0.2) is 4.98 Å². The normalized spacial score (nSPS) is 11.3. The monoisotopic (exact) mass is 390 g/mol. The maximum atomic E-state index is 5.87. The lowest BCUT2D eigenvalue weighted by atomic mass is 10.0. The molecule has 1 heterocycles. The Kier molecular flexibility index (Phi) is 8.76. The quantitative estimate of drug-likeness (QED) is 0.439. The van der Waals surface area contributed by atoms with Crippen molar-refractivity contribution in [2.75, 3.05) is 31.3 Å². The number of unbranched alkanes of at least 4 members (excludes halogenated alkanes) is 1. The molecule has 0 fully saturated rings. The molecule has 0 aliphatic carbocycles. The molecule has 0 saturated heterocycles. The third-order valence-electron chi connectivity index (χ3n) is 4.29. The molecule has 0 saturated carbocycles. The van der Waals surface area contributed by atoms with Crippen molar-refractivity contribution >= 4 is 20.6 Å². The highest BCUT2D eigenvalue weighted by atomic mass is 31.1. The maximum absolute atomic E-state index is 5.87. The number of nitrogens with two attached hydrogens (primary N) is 1. The molecule has 0 aliphatic rings. The minimum Gasteiger partial charge on any atom is -0.496 e. The first kappa shape index (κ1) is 21.4. The molecule has 27 heavy (non-hydrogen) atoms. The molecule has 1 aromatic carbocycles. The number of aromatic nitrogens is 2. The van der Waals surface area contributed by atoms with Gasteiger partial charge in [-0.15, -0.1) is 0 Å². The lowest BCUT2D eigenvalue weighted by Gasteiger charge is -2.16. The Morgan fingerprint density at radius 3 is 2.74 bits per heavy atom. The summed E-state index contributed by atoms with van der Waals surface area (Å²) in [5, 5.41) is 3.42. The van der Waals surface area contributed by atoms with Crippen molar-refractivity contribution in [2.24, 2.45) is 0 Å². The summed E-state index contributed by atoms with van der Waals surface area (Å²) in [7, 11) is 2.17. The van der Waals surface area contributed by atoms with Crippen LogP contribution >= 0.6 is 8.81 Å². The molecule has 0 spiro atoms. The van der Waals surface area contributed by atoms with E-state index in [-0.39, 0.29) is 0 Å². The number of nitrogen functional groups attached to an aromatic ring is 1. The minimum absolute atomic E-state index is 0.300. The van der Waals surface area contributed by atoms with Crippen molar-refractivity contribution in [2.45, 2.75) is 46.2 Å². The Morgan fingerprint density at radius 2 is 2.04 bits per heavy atom. The van der Waals surface area contributed by atoms with E-state index in [4.69, 9.17) is 15.0 Å². The van der Waals surface area contributed by atoms with E-state index in [0.29, 0.717) is 21.2 Å². The van der Waals surface area contributed by atoms with E-state index in [2.05, 4.69) is 34.3 Å². The van der Waals surface area contributed by atoms with Gasteiger partial charge < -0.3 is 20.3 Å². The zero-order valence-corrected chi connectivity index (χ0v) is 17.8. The van der Waals surface area contributed by atoms with E-state index in [1.807, 2.05) is 19.9 Å². The second kappa shape index (κ2) is 11.1. The number of nitrogens with zero attached hydrogens (tertiary/aromatic N) is 2. The van der Waals surface area contributed by atoms with Gasteiger partial charge in [0.15, 0.2) is 0 Å². The van der Waals surface area contributed by atoms with Gasteiger partial charge in [0.2, 0.25) is 5.95 Å². The summed E-state index contributed by atoms with van der Waals surface area (Å²) in [6, 6.07) is 6.32. The van der Waals surface area contributed by atoms with Crippen LogP contribution in [0, 0.1) is 6.92 Å². The number of nitrogens with one attached hydrogen (secondary N) is 1. The van der Waals surface area contributed by atoms with Gasteiger partial charge in [0.1, 0.15) is 11.6 Å². The van der Waals surface area contributed by atoms with Crippen LogP contribution in [0.25, 0.3) is 0 Å². The first-order chi connectivity index (χ1) is 13.1. The highest BCUT2D eigenvalue weighted by Crippen LogP contribution is 2.29. The Morgan fingerprint density at radius 1 is 1.22 bits per heavy atom. The van der Waals surface area contributed by atoms with E-state index in [0.717, 1.165) is 60.5 Å². The lowest BCUT2D eigenvalue weighted by molar-refractivity contribution is 0.389. The molecule has 1 atom stereocenters. The van der Waals surface area contributed by atoms with Crippen LogP contribution in [0.15, 0.2) is 18.2 Å². The van der Waals surface area contributed by atoms with Crippen LogP contribution in [-0.2, 0) is 17.1 Å². The third kappa shape index (κ3) is 6.33. The van der Waals surface area contributed by atoms with Crippen molar-refractivity contribution in [3.63, 3.8) is 0 Å². The maximum Gasteiger partial charge on any atom is 0.222 e. The number of methoxy groups -OCH3 is 1. The topological polar surface area (TPSA) is 82.3 Å². The average Bonchev–Trinajstić information content (AvgIpc) is 2.65. The van der Waals surface area contributed by atoms with Gasteiger partial charge in [0.05, 0.1) is 7.11 Å². The molecular formula is C20H31N4O2P. The van der Waals surface area contributed by atoms with Gasteiger partial charge >= 0.3 is 0 Å². The Bertz CT molecular complexity index is 740. The van der Waals surface area contributed by atoms with E-state index in [1.165, 1.54) is 5.56 Å². The molecule has 0 amide bonds. The highest BCUT2D eigenvalue weighted by Gasteiger charge is 2.14. The Labute approximate surface area is 164 Å². The number of hydrogen-bond donors (Lipinski definition) is 2. The van der Waals surface area contributed by atoms with Crippen LogP contribution in [0.1, 0.15) is 49.1 Å². The number of hydrogen-bond acceptors (Lipinski definition) is 6. The predicted octanol–water partition coefficient (Wildman–Crippen LogP) is 4.31. The molecule has 3 N–H and O–H groups in total. The number of benzene rings is 1. The molecule has 0 bridgehead atoms. The number of ether oxygens (including phenoxy) is 1. The Hall–Kier alpha value is -1.91. The van der Waals surface area contributed by atoms with Crippen molar-refractivity contribution < 1.29 is 9.26 Å². The Balaban J connectivity index is 2.29.